The molecular weight excluding hydrogens is 254 g/mol. The van der Waals surface area contributed by atoms with E-state index in [1.54, 1.807) is 24.3 Å². The average Bonchev–Trinajstić information content (AvgIpc) is 2.20. The molecule has 2 rings (SSSR count). The van der Waals surface area contributed by atoms with Gasteiger partial charge in [-0.2, -0.15) is 0 Å². The molecule has 13 heavy (non-hydrogen) atoms. The lowest BCUT2D eigenvalue weighted by Gasteiger charge is -2.23. The molecule has 0 spiro atoms. The summed E-state index contributed by atoms with van der Waals surface area (Å²) in [4.78, 5) is 0. The Hall–Kier alpha value is 0.180. The van der Waals surface area contributed by atoms with Gasteiger partial charge in [-0.3, -0.25) is 0 Å². The van der Waals surface area contributed by atoms with Crippen LogP contribution < -0.4 is 4.74 Å². The van der Waals surface area contributed by atoms with Crippen LogP contribution in [0.5, 0.6) is 5.75 Å². The Bertz CT molecular complexity index is 348. The molecule has 0 amide bonds. The number of rotatable bonds is 0. The summed E-state index contributed by atoms with van der Waals surface area (Å²) in [6.07, 6.45) is 0. The van der Waals surface area contributed by atoms with Crippen molar-refractivity contribution in [2.75, 3.05) is 0 Å². The zero-order valence-electron chi connectivity index (χ0n) is 6.23. The number of hydrogen-bond acceptors (Lipinski definition) is 1. The lowest BCUT2D eigenvalue weighted by atomic mass is 10.1. The Labute approximate surface area is 95.5 Å². The van der Waals surface area contributed by atoms with Crippen LogP contribution in [0.3, 0.4) is 0 Å². The van der Waals surface area contributed by atoms with E-state index >= 15 is 0 Å². The number of para-hydroxylation sites is 1. The van der Waals surface area contributed by atoms with Crippen LogP contribution >= 0.6 is 46.4 Å². The van der Waals surface area contributed by atoms with E-state index in [4.69, 9.17) is 51.1 Å². The highest BCUT2D eigenvalue weighted by atomic mass is 35.5. The van der Waals surface area contributed by atoms with E-state index in [1.807, 2.05) is 0 Å². The molecule has 1 aliphatic rings. The second-order valence-corrected chi connectivity index (χ2v) is 5.27. The molecule has 0 atom stereocenters. The van der Waals surface area contributed by atoms with Crippen molar-refractivity contribution in [3.05, 3.63) is 29.8 Å². The van der Waals surface area contributed by atoms with E-state index in [1.165, 1.54) is 0 Å². The molecule has 0 saturated heterocycles. The number of halogens is 4. The molecule has 1 aromatic carbocycles. The van der Waals surface area contributed by atoms with Crippen molar-refractivity contribution in [3.8, 4) is 5.75 Å². The van der Waals surface area contributed by atoms with Gasteiger partial charge in [0.1, 0.15) is 5.75 Å². The molecule has 70 valence electrons. The molecular formula is C8H4Cl4O. The van der Waals surface area contributed by atoms with Crippen molar-refractivity contribution >= 4 is 46.4 Å². The van der Waals surface area contributed by atoms with Gasteiger partial charge in [-0.1, -0.05) is 64.6 Å². The Morgan fingerprint density at radius 2 is 1.62 bits per heavy atom. The maximum absolute atomic E-state index is 5.97. The van der Waals surface area contributed by atoms with Gasteiger partial charge in [-0.25, -0.2) is 0 Å². The monoisotopic (exact) mass is 256 g/mol. The Morgan fingerprint density at radius 1 is 1.00 bits per heavy atom. The minimum Gasteiger partial charge on any atom is -0.454 e. The second kappa shape index (κ2) is 2.83. The SMILES string of the molecule is ClC1(Cl)Oc2ccccc2C1(Cl)Cl. The first kappa shape index (κ1) is 9.72. The molecule has 0 aliphatic carbocycles. The number of benzene rings is 1. The van der Waals surface area contributed by atoms with E-state index in [0.29, 0.717) is 11.3 Å². The van der Waals surface area contributed by atoms with E-state index in [-0.39, 0.29) is 0 Å². The van der Waals surface area contributed by atoms with Crippen LogP contribution in [0.1, 0.15) is 5.56 Å². The van der Waals surface area contributed by atoms with Gasteiger partial charge in [0.2, 0.25) is 4.33 Å². The van der Waals surface area contributed by atoms with Gasteiger partial charge < -0.3 is 4.74 Å². The lowest BCUT2D eigenvalue weighted by Crippen LogP contribution is -2.32. The van der Waals surface area contributed by atoms with Crippen molar-refractivity contribution in [2.45, 2.75) is 8.85 Å². The summed E-state index contributed by atoms with van der Waals surface area (Å²) >= 11 is 23.5. The van der Waals surface area contributed by atoms with Crippen LogP contribution in [0.4, 0.5) is 0 Å². The van der Waals surface area contributed by atoms with Crippen molar-refractivity contribution in [2.24, 2.45) is 0 Å². The fourth-order valence-corrected chi connectivity index (χ4v) is 1.93. The summed E-state index contributed by atoms with van der Waals surface area (Å²) in [5, 5.41) is 0. The van der Waals surface area contributed by atoms with Gasteiger partial charge in [0.25, 0.3) is 4.52 Å². The Morgan fingerprint density at radius 3 is 2.23 bits per heavy atom. The first-order valence-corrected chi connectivity index (χ1v) is 5.00. The number of hydrogen-bond donors (Lipinski definition) is 0. The summed E-state index contributed by atoms with van der Waals surface area (Å²) in [6.45, 7) is 0. The summed E-state index contributed by atoms with van der Waals surface area (Å²) in [5.41, 5.74) is 0.586. The second-order valence-electron chi connectivity index (χ2n) is 2.69. The quantitative estimate of drug-likeness (QED) is 0.642. The summed E-state index contributed by atoms with van der Waals surface area (Å²) in [6, 6.07) is 7.01. The standard InChI is InChI=1S/C8H4Cl4O/c9-7(10)5-3-1-2-4-6(5)13-8(7,11)12/h1-4H. The predicted octanol–water partition coefficient (Wildman–Crippen LogP) is 3.84. The number of fused-ring (bicyclic) bond motifs is 1. The fourth-order valence-electron chi connectivity index (χ4n) is 1.17. The largest absolute Gasteiger partial charge is 0.454 e. The zero-order valence-corrected chi connectivity index (χ0v) is 9.25. The van der Waals surface area contributed by atoms with E-state index in [0.717, 1.165) is 0 Å². The minimum absolute atomic E-state index is 0.512. The predicted molar refractivity (Wildman–Crippen MR) is 54.9 cm³/mol. The molecule has 0 N–H and O–H groups in total. The zero-order chi connectivity index (χ0) is 9.69. The van der Waals surface area contributed by atoms with Crippen LogP contribution in [-0.2, 0) is 4.33 Å². The lowest BCUT2D eigenvalue weighted by molar-refractivity contribution is 0.260. The highest BCUT2D eigenvalue weighted by molar-refractivity contribution is 6.62. The molecule has 0 unspecified atom stereocenters. The first-order valence-electron chi connectivity index (χ1n) is 3.49. The van der Waals surface area contributed by atoms with E-state index < -0.39 is 8.85 Å². The molecule has 0 radical (unpaired) electrons. The summed E-state index contributed by atoms with van der Waals surface area (Å²) in [7, 11) is 0. The smallest absolute Gasteiger partial charge is 0.295 e. The van der Waals surface area contributed by atoms with Gasteiger partial charge in [-0.15, -0.1) is 0 Å². The third-order valence-electron chi connectivity index (χ3n) is 1.83. The molecule has 1 heterocycles. The van der Waals surface area contributed by atoms with Gasteiger partial charge in [0.15, 0.2) is 0 Å². The van der Waals surface area contributed by atoms with Crippen molar-refractivity contribution in [3.63, 3.8) is 0 Å². The van der Waals surface area contributed by atoms with Gasteiger partial charge in [0, 0.05) is 5.56 Å². The molecule has 0 aromatic heterocycles. The third kappa shape index (κ3) is 1.30. The summed E-state index contributed by atoms with van der Waals surface area (Å²) in [5.74, 6) is 0.512. The van der Waals surface area contributed by atoms with Crippen molar-refractivity contribution < 1.29 is 4.74 Å². The highest BCUT2D eigenvalue weighted by Gasteiger charge is 2.57. The third-order valence-corrected chi connectivity index (χ3v) is 3.88. The van der Waals surface area contributed by atoms with E-state index in [9.17, 15) is 0 Å². The molecule has 5 heteroatoms. The number of alkyl halides is 4. The van der Waals surface area contributed by atoms with Gasteiger partial charge in [0.05, 0.1) is 0 Å². The normalized spacial score (nSPS) is 22.2. The van der Waals surface area contributed by atoms with Crippen LogP contribution in [0.2, 0.25) is 0 Å². The van der Waals surface area contributed by atoms with E-state index in [2.05, 4.69) is 0 Å². The topological polar surface area (TPSA) is 9.23 Å². The number of ether oxygens (including phenoxy) is 1. The maximum Gasteiger partial charge on any atom is 0.295 e. The average molecular weight is 258 g/mol. The molecule has 0 bridgehead atoms. The molecule has 0 saturated carbocycles. The molecule has 1 nitrogen and oxygen atoms in total. The van der Waals surface area contributed by atoms with Crippen LogP contribution in [-0.4, -0.2) is 4.52 Å². The molecule has 0 fully saturated rings. The Balaban J connectivity index is 2.60. The Kier molecular flexibility index (Phi) is 2.12. The highest BCUT2D eigenvalue weighted by Crippen LogP contribution is 2.58. The molecule has 1 aliphatic heterocycles. The first-order chi connectivity index (χ1) is 5.95. The van der Waals surface area contributed by atoms with Crippen LogP contribution in [0.25, 0.3) is 0 Å². The van der Waals surface area contributed by atoms with Crippen molar-refractivity contribution in [1.29, 1.82) is 0 Å². The molecule has 1 aromatic rings. The minimum atomic E-state index is -1.63. The summed E-state index contributed by atoms with van der Waals surface area (Å²) < 4.78 is 2.13. The fraction of sp³-hybridized carbons (Fsp3) is 0.250. The van der Waals surface area contributed by atoms with Crippen LogP contribution in [0, 0.1) is 0 Å². The maximum atomic E-state index is 5.97. The van der Waals surface area contributed by atoms with Gasteiger partial charge >= 0.3 is 0 Å². The van der Waals surface area contributed by atoms with Crippen molar-refractivity contribution in [1.82, 2.24) is 0 Å². The van der Waals surface area contributed by atoms with Crippen LogP contribution in [0.15, 0.2) is 24.3 Å². The van der Waals surface area contributed by atoms with Gasteiger partial charge in [-0.05, 0) is 6.07 Å².